The van der Waals surface area contributed by atoms with Gasteiger partial charge in [0.15, 0.2) is 0 Å². The van der Waals surface area contributed by atoms with Crippen molar-refractivity contribution in [3.8, 4) is 22.3 Å². The van der Waals surface area contributed by atoms with Crippen molar-refractivity contribution >= 4 is 0 Å². The lowest BCUT2D eigenvalue weighted by atomic mass is 9.87. The maximum Gasteiger partial charge on any atom is 0.0556 e. The maximum absolute atomic E-state index is 9.01. The van der Waals surface area contributed by atoms with E-state index in [1.807, 2.05) is 12.1 Å². The van der Waals surface area contributed by atoms with Crippen LogP contribution in [0.25, 0.3) is 22.3 Å². The molecule has 0 atom stereocenters. The first-order chi connectivity index (χ1) is 12.3. The summed E-state index contributed by atoms with van der Waals surface area (Å²) in [5.74, 6) is 0. The number of benzene rings is 3. The first-order valence-corrected chi connectivity index (χ1v) is 8.62. The van der Waals surface area contributed by atoms with Gasteiger partial charge in [-0.25, -0.2) is 0 Å². The molecule has 0 saturated carbocycles. The molecule has 3 aromatic rings. The molecule has 0 aliphatic rings. The van der Waals surface area contributed by atoms with Crippen LogP contribution in [0.5, 0.6) is 0 Å². The van der Waals surface area contributed by atoms with Gasteiger partial charge < -0.3 is 16.2 Å². The zero-order valence-corrected chi connectivity index (χ0v) is 14.3. The summed E-state index contributed by atoms with van der Waals surface area (Å²) >= 11 is 0. The molecule has 0 amide bonds. The zero-order chi connectivity index (χ0) is 17.5. The number of hydrogen-bond donors (Lipinski definition) is 3. The second-order valence-corrected chi connectivity index (χ2v) is 5.96. The Hall–Kier alpha value is -2.46. The van der Waals surface area contributed by atoms with Gasteiger partial charge in [-0.1, -0.05) is 72.8 Å². The van der Waals surface area contributed by atoms with Gasteiger partial charge in [-0.05, 0) is 33.4 Å². The highest BCUT2D eigenvalue weighted by Crippen LogP contribution is 2.36. The van der Waals surface area contributed by atoms with E-state index < -0.39 is 0 Å². The quantitative estimate of drug-likeness (QED) is 0.580. The summed E-state index contributed by atoms with van der Waals surface area (Å²) in [7, 11) is 0. The van der Waals surface area contributed by atoms with Crippen LogP contribution < -0.4 is 11.1 Å². The minimum atomic E-state index is 0.131. The van der Waals surface area contributed by atoms with Crippen LogP contribution in [0.1, 0.15) is 11.1 Å². The molecular weight excluding hydrogens is 308 g/mol. The smallest absolute Gasteiger partial charge is 0.0556 e. The predicted octanol–water partition coefficient (Wildman–Crippen LogP) is 3.56. The summed E-state index contributed by atoms with van der Waals surface area (Å²) < 4.78 is 0. The Kier molecular flexibility index (Phi) is 5.96. The Labute approximate surface area is 149 Å². The number of hydrogen-bond acceptors (Lipinski definition) is 3. The Balaban J connectivity index is 2.16. The first kappa shape index (κ1) is 17.4. The molecule has 128 valence electrons. The van der Waals surface area contributed by atoms with Crippen LogP contribution in [-0.2, 0) is 13.1 Å². The molecule has 0 saturated heterocycles. The van der Waals surface area contributed by atoms with Gasteiger partial charge in [0.05, 0.1) is 6.61 Å². The van der Waals surface area contributed by atoms with Crippen molar-refractivity contribution in [1.29, 1.82) is 0 Å². The molecule has 0 radical (unpaired) electrons. The third-order valence-electron chi connectivity index (χ3n) is 4.37. The predicted molar refractivity (Wildman–Crippen MR) is 104 cm³/mol. The Morgan fingerprint density at radius 1 is 0.800 bits per heavy atom. The Morgan fingerprint density at radius 2 is 1.44 bits per heavy atom. The van der Waals surface area contributed by atoms with E-state index in [9.17, 15) is 0 Å². The fraction of sp³-hybridized carbons (Fsp3) is 0.182. The third-order valence-corrected chi connectivity index (χ3v) is 4.37. The fourth-order valence-electron chi connectivity index (χ4n) is 3.18. The van der Waals surface area contributed by atoms with Crippen LogP contribution in [0.4, 0.5) is 0 Å². The Bertz CT molecular complexity index is 801. The molecule has 0 aliphatic carbocycles. The van der Waals surface area contributed by atoms with E-state index in [1.165, 1.54) is 27.8 Å². The zero-order valence-electron chi connectivity index (χ0n) is 14.3. The minimum Gasteiger partial charge on any atom is -0.395 e. The van der Waals surface area contributed by atoms with Crippen molar-refractivity contribution in [3.63, 3.8) is 0 Å². The van der Waals surface area contributed by atoms with E-state index in [0.717, 1.165) is 5.56 Å². The third kappa shape index (κ3) is 3.97. The molecule has 3 aromatic carbocycles. The minimum absolute atomic E-state index is 0.131. The normalized spacial score (nSPS) is 10.8. The summed E-state index contributed by atoms with van der Waals surface area (Å²) in [6, 6.07) is 25.1. The van der Waals surface area contributed by atoms with Gasteiger partial charge in [-0.2, -0.15) is 0 Å². The summed E-state index contributed by atoms with van der Waals surface area (Å²) in [5.41, 5.74) is 13.2. The van der Waals surface area contributed by atoms with Crippen molar-refractivity contribution in [2.75, 3.05) is 13.2 Å². The number of nitrogens with two attached hydrogens (primary N) is 1. The van der Waals surface area contributed by atoms with E-state index >= 15 is 0 Å². The lowest BCUT2D eigenvalue weighted by Gasteiger charge is -2.19. The van der Waals surface area contributed by atoms with E-state index in [4.69, 9.17) is 10.8 Å². The second-order valence-electron chi connectivity index (χ2n) is 5.96. The number of nitrogens with one attached hydrogen (secondary N) is 1. The summed E-state index contributed by atoms with van der Waals surface area (Å²) in [6.45, 7) is 1.87. The van der Waals surface area contributed by atoms with Crippen LogP contribution in [0, 0.1) is 0 Å². The van der Waals surface area contributed by atoms with Crippen molar-refractivity contribution in [1.82, 2.24) is 5.32 Å². The number of rotatable bonds is 7. The standard InChI is InChI=1S/C22H24N2O/c23-15-21-19(16-24-13-14-25)11-12-20(17-7-3-1-4-8-17)22(21)18-9-5-2-6-10-18/h1-12,24-25H,13-16,23H2. The monoisotopic (exact) mass is 332 g/mol. The van der Waals surface area contributed by atoms with Crippen LogP contribution in [-0.4, -0.2) is 18.3 Å². The first-order valence-electron chi connectivity index (χ1n) is 8.62. The highest BCUT2D eigenvalue weighted by molar-refractivity contribution is 5.86. The molecular formula is C22H24N2O. The van der Waals surface area contributed by atoms with Crippen molar-refractivity contribution in [2.24, 2.45) is 5.73 Å². The summed E-state index contributed by atoms with van der Waals surface area (Å²) in [4.78, 5) is 0. The van der Waals surface area contributed by atoms with E-state index in [1.54, 1.807) is 0 Å². The molecule has 0 aromatic heterocycles. The van der Waals surface area contributed by atoms with Gasteiger partial charge in [0.1, 0.15) is 0 Å². The number of aliphatic hydroxyl groups is 1. The average molecular weight is 332 g/mol. The van der Waals surface area contributed by atoms with Gasteiger partial charge >= 0.3 is 0 Å². The van der Waals surface area contributed by atoms with Crippen LogP contribution >= 0.6 is 0 Å². The highest BCUT2D eigenvalue weighted by Gasteiger charge is 2.15. The molecule has 0 bridgehead atoms. The highest BCUT2D eigenvalue weighted by atomic mass is 16.3. The van der Waals surface area contributed by atoms with E-state index in [0.29, 0.717) is 19.6 Å². The molecule has 0 spiro atoms. The average Bonchev–Trinajstić information content (AvgIpc) is 2.69. The summed E-state index contributed by atoms with van der Waals surface area (Å²) in [5, 5.41) is 12.3. The molecule has 3 rings (SSSR count). The van der Waals surface area contributed by atoms with Gasteiger partial charge in [-0.3, -0.25) is 0 Å². The molecule has 0 heterocycles. The van der Waals surface area contributed by atoms with Gasteiger partial charge in [0, 0.05) is 19.6 Å². The Morgan fingerprint density at radius 3 is 2.04 bits per heavy atom. The molecule has 3 heteroatoms. The lowest BCUT2D eigenvalue weighted by molar-refractivity contribution is 0.292. The molecule has 0 fully saturated rings. The van der Waals surface area contributed by atoms with Gasteiger partial charge in [0.25, 0.3) is 0 Å². The maximum atomic E-state index is 9.01. The molecule has 0 unspecified atom stereocenters. The van der Waals surface area contributed by atoms with Crippen molar-refractivity contribution in [3.05, 3.63) is 83.9 Å². The number of aliphatic hydroxyl groups excluding tert-OH is 1. The van der Waals surface area contributed by atoms with Crippen LogP contribution in [0.2, 0.25) is 0 Å². The van der Waals surface area contributed by atoms with E-state index in [2.05, 4.69) is 66.0 Å². The fourth-order valence-corrected chi connectivity index (χ4v) is 3.18. The summed E-state index contributed by atoms with van der Waals surface area (Å²) in [6.07, 6.45) is 0. The SMILES string of the molecule is NCc1c(CNCCO)ccc(-c2ccccc2)c1-c1ccccc1. The molecule has 3 nitrogen and oxygen atoms in total. The molecule has 0 aliphatic heterocycles. The van der Waals surface area contributed by atoms with Crippen LogP contribution in [0.3, 0.4) is 0 Å². The molecule has 25 heavy (non-hydrogen) atoms. The van der Waals surface area contributed by atoms with E-state index in [-0.39, 0.29) is 6.61 Å². The van der Waals surface area contributed by atoms with Crippen LogP contribution in [0.15, 0.2) is 72.8 Å². The largest absolute Gasteiger partial charge is 0.395 e. The molecule has 4 N–H and O–H groups in total. The van der Waals surface area contributed by atoms with Gasteiger partial charge in [0.2, 0.25) is 0 Å². The van der Waals surface area contributed by atoms with Crippen molar-refractivity contribution < 1.29 is 5.11 Å². The lowest BCUT2D eigenvalue weighted by Crippen LogP contribution is -2.19. The topological polar surface area (TPSA) is 58.3 Å². The van der Waals surface area contributed by atoms with Gasteiger partial charge in [-0.15, -0.1) is 0 Å². The second kappa shape index (κ2) is 8.58. The van der Waals surface area contributed by atoms with Crippen molar-refractivity contribution in [2.45, 2.75) is 13.1 Å².